The predicted octanol–water partition coefficient (Wildman–Crippen LogP) is 3.13. The van der Waals surface area contributed by atoms with Gasteiger partial charge in [-0.15, -0.1) is 0 Å². The van der Waals surface area contributed by atoms with Crippen LogP contribution >= 0.6 is 0 Å². The number of aromatic nitrogens is 1. The molecule has 3 rings (SSSR count). The lowest BCUT2D eigenvalue weighted by Gasteiger charge is -2.11. The van der Waals surface area contributed by atoms with Crippen molar-refractivity contribution in [3.63, 3.8) is 0 Å². The number of rotatable bonds is 3. The van der Waals surface area contributed by atoms with Gasteiger partial charge in [-0.3, -0.25) is 0 Å². The van der Waals surface area contributed by atoms with Gasteiger partial charge >= 0.3 is 0 Å². The first-order chi connectivity index (χ1) is 9.26. The van der Waals surface area contributed by atoms with E-state index < -0.39 is 0 Å². The summed E-state index contributed by atoms with van der Waals surface area (Å²) in [6.45, 7) is 2.52. The Kier molecular flexibility index (Phi) is 3.22. The lowest BCUT2D eigenvalue weighted by molar-refractivity contribution is 0.454. The van der Waals surface area contributed by atoms with E-state index in [1.165, 1.54) is 23.2 Å². The number of pyridine rings is 1. The molecule has 1 aliphatic rings. The summed E-state index contributed by atoms with van der Waals surface area (Å²) >= 11 is 0. The fourth-order valence-electron chi connectivity index (χ4n) is 2.45. The van der Waals surface area contributed by atoms with E-state index in [1.54, 1.807) is 0 Å². The van der Waals surface area contributed by atoms with E-state index in [-0.39, 0.29) is 0 Å². The van der Waals surface area contributed by atoms with Gasteiger partial charge in [0.15, 0.2) is 0 Å². The summed E-state index contributed by atoms with van der Waals surface area (Å²) in [5.74, 6) is 1.47. The Balaban J connectivity index is 1.93. The molecule has 1 aliphatic carbocycles. The summed E-state index contributed by atoms with van der Waals surface area (Å²) in [5, 5.41) is 0. The number of hydrogen-bond donors (Lipinski definition) is 1. The molecule has 0 radical (unpaired) electrons. The van der Waals surface area contributed by atoms with Crippen LogP contribution in [0.5, 0.6) is 11.6 Å². The summed E-state index contributed by atoms with van der Waals surface area (Å²) in [5.41, 5.74) is 10.5. The zero-order chi connectivity index (χ0) is 13.2. The van der Waals surface area contributed by atoms with E-state index in [1.807, 2.05) is 24.3 Å². The van der Waals surface area contributed by atoms with Crippen LogP contribution in [-0.2, 0) is 19.4 Å². The van der Waals surface area contributed by atoms with Crippen LogP contribution in [0.4, 0.5) is 0 Å². The topological polar surface area (TPSA) is 48.1 Å². The molecule has 0 amide bonds. The van der Waals surface area contributed by atoms with Crippen LogP contribution < -0.4 is 10.5 Å². The van der Waals surface area contributed by atoms with E-state index in [9.17, 15) is 0 Å². The number of nitrogens with zero attached hydrogens (tertiary/aromatic N) is 1. The molecule has 0 saturated heterocycles. The normalized spacial score (nSPS) is 13.4. The van der Waals surface area contributed by atoms with Crippen molar-refractivity contribution in [1.29, 1.82) is 0 Å². The summed E-state index contributed by atoms with van der Waals surface area (Å²) in [7, 11) is 0. The van der Waals surface area contributed by atoms with E-state index >= 15 is 0 Å². The molecule has 0 atom stereocenters. The molecule has 0 bridgehead atoms. The van der Waals surface area contributed by atoms with Gasteiger partial charge in [0.05, 0.1) is 0 Å². The van der Waals surface area contributed by atoms with Gasteiger partial charge in [0.1, 0.15) is 5.75 Å². The maximum Gasteiger partial charge on any atom is 0.223 e. The van der Waals surface area contributed by atoms with Crippen molar-refractivity contribution in [2.75, 3.05) is 0 Å². The summed E-state index contributed by atoms with van der Waals surface area (Å²) in [4.78, 5) is 4.64. The Morgan fingerprint density at radius 3 is 2.74 bits per heavy atom. The molecular formula is C16H18N2O. The second kappa shape index (κ2) is 5.02. The zero-order valence-electron chi connectivity index (χ0n) is 11.1. The standard InChI is InChI=1S/C16H18N2O/c1-11-5-7-14(8-6-11)19-16-13(10-17)9-12-3-2-4-15(12)18-16/h5-9H,2-4,10,17H2,1H3. The predicted molar refractivity (Wildman–Crippen MR) is 75.4 cm³/mol. The van der Waals surface area contributed by atoms with Crippen LogP contribution in [0, 0.1) is 6.92 Å². The highest BCUT2D eigenvalue weighted by atomic mass is 16.5. The molecule has 0 unspecified atom stereocenters. The van der Waals surface area contributed by atoms with Gasteiger partial charge in [0.25, 0.3) is 0 Å². The quantitative estimate of drug-likeness (QED) is 0.915. The van der Waals surface area contributed by atoms with Crippen molar-refractivity contribution in [2.45, 2.75) is 32.7 Å². The van der Waals surface area contributed by atoms with Gasteiger partial charge in [-0.05, 0) is 49.9 Å². The number of ether oxygens (including phenoxy) is 1. The molecule has 1 heterocycles. The molecular weight excluding hydrogens is 236 g/mol. The molecule has 1 aromatic carbocycles. The number of nitrogens with two attached hydrogens (primary N) is 1. The lowest BCUT2D eigenvalue weighted by Crippen LogP contribution is -2.04. The number of hydrogen-bond acceptors (Lipinski definition) is 3. The lowest BCUT2D eigenvalue weighted by atomic mass is 10.1. The monoisotopic (exact) mass is 254 g/mol. The minimum atomic E-state index is 0.460. The van der Waals surface area contributed by atoms with Crippen LogP contribution in [0.1, 0.15) is 28.8 Å². The Morgan fingerprint density at radius 2 is 2.00 bits per heavy atom. The van der Waals surface area contributed by atoms with Crippen LogP contribution in [0.2, 0.25) is 0 Å². The average molecular weight is 254 g/mol. The van der Waals surface area contributed by atoms with Gasteiger partial charge in [-0.1, -0.05) is 17.7 Å². The second-order valence-electron chi connectivity index (χ2n) is 5.03. The van der Waals surface area contributed by atoms with Crippen molar-refractivity contribution < 1.29 is 4.74 Å². The molecule has 3 nitrogen and oxygen atoms in total. The maximum atomic E-state index is 5.89. The molecule has 2 N–H and O–H groups in total. The average Bonchev–Trinajstić information content (AvgIpc) is 2.87. The summed E-state index contributed by atoms with van der Waals surface area (Å²) < 4.78 is 5.89. The minimum Gasteiger partial charge on any atom is -0.439 e. The first-order valence-corrected chi connectivity index (χ1v) is 6.72. The Morgan fingerprint density at radius 1 is 1.21 bits per heavy atom. The number of aryl methyl sites for hydroxylation is 3. The van der Waals surface area contributed by atoms with Crippen molar-refractivity contribution in [1.82, 2.24) is 4.98 Å². The third-order valence-electron chi connectivity index (χ3n) is 3.55. The van der Waals surface area contributed by atoms with Gasteiger partial charge in [-0.2, -0.15) is 0 Å². The fourth-order valence-corrected chi connectivity index (χ4v) is 2.45. The molecule has 0 spiro atoms. The molecule has 0 aliphatic heterocycles. The number of fused-ring (bicyclic) bond motifs is 1. The zero-order valence-corrected chi connectivity index (χ0v) is 11.1. The summed E-state index contributed by atoms with van der Waals surface area (Å²) in [6, 6.07) is 10.1. The highest BCUT2D eigenvalue weighted by Gasteiger charge is 2.17. The summed E-state index contributed by atoms with van der Waals surface area (Å²) in [6.07, 6.45) is 3.34. The Labute approximate surface area is 113 Å². The molecule has 0 fully saturated rings. The van der Waals surface area contributed by atoms with E-state index in [4.69, 9.17) is 10.5 Å². The molecule has 0 saturated carbocycles. The molecule has 19 heavy (non-hydrogen) atoms. The third-order valence-corrected chi connectivity index (χ3v) is 3.55. The smallest absolute Gasteiger partial charge is 0.223 e. The largest absolute Gasteiger partial charge is 0.439 e. The van der Waals surface area contributed by atoms with Gasteiger partial charge < -0.3 is 10.5 Å². The van der Waals surface area contributed by atoms with Crippen LogP contribution in [0.3, 0.4) is 0 Å². The van der Waals surface area contributed by atoms with Gasteiger partial charge in [0, 0.05) is 17.8 Å². The minimum absolute atomic E-state index is 0.460. The number of benzene rings is 1. The molecule has 3 heteroatoms. The highest BCUT2D eigenvalue weighted by Crippen LogP contribution is 2.29. The van der Waals surface area contributed by atoms with E-state index in [0.717, 1.165) is 24.2 Å². The SMILES string of the molecule is Cc1ccc(Oc2nc3c(cc2CN)CCC3)cc1. The van der Waals surface area contributed by atoms with E-state index in [2.05, 4.69) is 18.0 Å². The first kappa shape index (κ1) is 12.2. The Hall–Kier alpha value is -1.87. The maximum absolute atomic E-state index is 5.89. The van der Waals surface area contributed by atoms with Crippen molar-refractivity contribution in [3.05, 3.63) is 52.7 Å². The van der Waals surface area contributed by atoms with Crippen LogP contribution in [-0.4, -0.2) is 4.98 Å². The second-order valence-corrected chi connectivity index (χ2v) is 5.03. The molecule has 98 valence electrons. The van der Waals surface area contributed by atoms with Crippen molar-refractivity contribution >= 4 is 0 Å². The Bertz CT molecular complexity index is 590. The van der Waals surface area contributed by atoms with Crippen LogP contribution in [0.15, 0.2) is 30.3 Å². The highest BCUT2D eigenvalue weighted by molar-refractivity contribution is 5.39. The van der Waals surface area contributed by atoms with Crippen LogP contribution in [0.25, 0.3) is 0 Å². The van der Waals surface area contributed by atoms with E-state index in [0.29, 0.717) is 12.4 Å². The van der Waals surface area contributed by atoms with Crippen molar-refractivity contribution in [2.24, 2.45) is 5.73 Å². The molecule has 2 aromatic rings. The van der Waals surface area contributed by atoms with Gasteiger partial charge in [0.2, 0.25) is 5.88 Å². The van der Waals surface area contributed by atoms with Gasteiger partial charge in [-0.25, -0.2) is 4.98 Å². The fraction of sp³-hybridized carbons (Fsp3) is 0.312. The first-order valence-electron chi connectivity index (χ1n) is 6.72. The third kappa shape index (κ3) is 2.47. The van der Waals surface area contributed by atoms with Crippen molar-refractivity contribution in [3.8, 4) is 11.6 Å². The molecule has 1 aromatic heterocycles.